The van der Waals surface area contributed by atoms with Crippen molar-refractivity contribution in [1.82, 2.24) is 4.90 Å². The summed E-state index contributed by atoms with van der Waals surface area (Å²) < 4.78 is 5.42. The largest absolute Gasteiger partial charge is 0.480 e. The predicted octanol–water partition coefficient (Wildman–Crippen LogP) is 1.74. The van der Waals surface area contributed by atoms with E-state index in [-0.39, 0.29) is 0 Å². The van der Waals surface area contributed by atoms with Gasteiger partial charge >= 0.3 is 5.97 Å². The maximum absolute atomic E-state index is 11.3. The highest BCUT2D eigenvalue weighted by atomic mass is 16.5. The number of rotatable bonds is 4. The molecule has 0 aromatic rings. The molecule has 1 aliphatic heterocycles. The normalized spacial score (nSPS) is 23.1. The third kappa shape index (κ3) is 2.95. The summed E-state index contributed by atoms with van der Waals surface area (Å²) in [4.78, 5) is 13.4. The Labute approximate surface area is 97.6 Å². The summed E-state index contributed by atoms with van der Waals surface area (Å²) in [6.07, 6.45) is 2.99. The maximum Gasteiger partial charge on any atom is 0.323 e. The van der Waals surface area contributed by atoms with Crippen molar-refractivity contribution in [3.63, 3.8) is 0 Å². The van der Waals surface area contributed by atoms with Crippen molar-refractivity contribution in [2.24, 2.45) is 0 Å². The van der Waals surface area contributed by atoms with E-state index in [1.54, 1.807) is 13.8 Å². The minimum Gasteiger partial charge on any atom is -0.480 e. The standard InChI is InChI=1S/C12H23NO3/c1-4-13(12(2,3)11(14)15)10-6-5-8-16-9-7-10/h10H,4-9H2,1-3H3,(H,14,15). The molecule has 0 aromatic heterocycles. The van der Waals surface area contributed by atoms with Crippen LogP contribution in [0, 0.1) is 0 Å². The van der Waals surface area contributed by atoms with Gasteiger partial charge in [0.25, 0.3) is 0 Å². The fourth-order valence-electron chi connectivity index (χ4n) is 2.43. The number of carbonyl (C=O) groups is 1. The molecular weight excluding hydrogens is 206 g/mol. The van der Waals surface area contributed by atoms with E-state index < -0.39 is 11.5 Å². The summed E-state index contributed by atoms with van der Waals surface area (Å²) in [5, 5.41) is 9.27. The van der Waals surface area contributed by atoms with Crippen LogP contribution in [0.1, 0.15) is 40.0 Å². The lowest BCUT2D eigenvalue weighted by Crippen LogP contribution is -2.54. The number of hydrogen-bond donors (Lipinski definition) is 1. The summed E-state index contributed by atoms with van der Waals surface area (Å²) in [5.41, 5.74) is -0.788. The Morgan fingerprint density at radius 3 is 2.69 bits per heavy atom. The zero-order chi connectivity index (χ0) is 12.2. The Morgan fingerprint density at radius 1 is 1.44 bits per heavy atom. The molecule has 0 aromatic carbocycles. The lowest BCUT2D eigenvalue weighted by molar-refractivity contribution is -0.151. The molecule has 0 bridgehead atoms. The first-order valence-electron chi connectivity index (χ1n) is 6.08. The van der Waals surface area contributed by atoms with Crippen LogP contribution in [0.5, 0.6) is 0 Å². The average molecular weight is 229 g/mol. The molecule has 1 rings (SSSR count). The molecule has 0 saturated carbocycles. The molecule has 0 aliphatic carbocycles. The summed E-state index contributed by atoms with van der Waals surface area (Å²) in [7, 11) is 0. The molecule has 1 fully saturated rings. The van der Waals surface area contributed by atoms with Gasteiger partial charge in [-0.1, -0.05) is 6.92 Å². The molecular formula is C12H23NO3. The van der Waals surface area contributed by atoms with Crippen LogP contribution in [-0.2, 0) is 9.53 Å². The Morgan fingerprint density at radius 2 is 2.12 bits per heavy atom. The SMILES string of the molecule is CCN(C1CCCOCC1)C(C)(C)C(=O)O. The van der Waals surface area contributed by atoms with Crippen molar-refractivity contribution in [1.29, 1.82) is 0 Å². The Balaban J connectivity index is 2.75. The average Bonchev–Trinajstić information content (AvgIpc) is 2.47. The van der Waals surface area contributed by atoms with Crippen LogP contribution in [-0.4, -0.2) is 47.3 Å². The molecule has 0 amide bonds. The number of carboxylic acid groups (broad SMARTS) is 1. The smallest absolute Gasteiger partial charge is 0.323 e. The third-order valence-corrected chi connectivity index (χ3v) is 3.44. The highest BCUT2D eigenvalue weighted by molar-refractivity contribution is 5.77. The molecule has 1 aliphatic rings. The molecule has 16 heavy (non-hydrogen) atoms. The van der Waals surface area contributed by atoms with E-state index in [4.69, 9.17) is 4.74 Å². The van der Waals surface area contributed by atoms with E-state index in [0.29, 0.717) is 6.04 Å². The van der Waals surface area contributed by atoms with Crippen LogP contribution < -0.4 is 0 Å². The quantitative estimate of drug-likeness (QED) is 0.797. The van der Waals surface area contributed by atoms with Gasteiger partial charge in [0, 0.05) is 19.3 Å². The summed E-state index contributed by atoms with van der Waals surface area (Å²) in [5.74, 6) is -0.750. The molecule has 4 nitrogen and oxygen atoms in total. The van der Waals surface area contributed by atoms with Gasteiger partial charge in [-0.25, -0.2) is 0 Å². The number of carboxylic acids is 1. The fourth-order valence-corrected chi connectivity index (χ4v) is 2.43. The third-order valence-electron chi connectivity index (χ3n) is 3.44. The van der Waals surface area contributed by atoms with Gasteiger partial charge in [-0.3, -0.25) is 9.69 Å². The van der Waals surface area contributed by atoms with Crippen LogP contribution >= 0.6 is 0 Å². The van der Waals surface area contributed by atoms with Gasteiger partial charge in [0.15, 0.2) is 0 Å². The molecule has 0 spiro atoms. The second-order valence-corrected chi connectivity index (χ2v) is 4.85. The second kappa shape index (κ2) is 5.64. The first-order chi connectivity index (χ1) is 7.50. The van der Waals surface area contributed by atoms with E-state index in [0.717, 1.165) is 39.0 Å². The topological polar surface area (TPSA) is 49.8 Å². The molecule has 1 N–H and O–H groups in total. The lowest BCUT2D eigenvalue weighted by atomic mass is 9.97. The van der Waals surface area contributed by atoms with E-state index in [2.05, 4.69) is 4.90 Å². The summed E-state index contributed by atoms with van der Waals surface area (Å²) >= 11 is 0. The minimum absolute atomic E-state index is 0.332. The molecule has 1 atom stereocenters. The zero-order valence-corrected chi connectivity index (χ0v) is 10.5. The summed E-state index contributed by atoms with van der Waals surface area (Å²) in [6.45, 7) is 7.91. The van der Waals surface area contributed by atoms with Crippen LogP contribution in [0.4, 0.5) is 0 Å². The van der Waals surface area contributed by atoms with E-state index >= 15 is 0 Å². The first-order valence-corrected chi connectivity index (χ1v) is 6.08. The number of hydrogen-bond acceptors (Lipinski definition) is 3. The Kier molecular flexibility index (Phi) is 4.74. The van der Waals surface area contributed by atoms with Crippen molar-refractivity contribution in [3.05, 3.63) is 0 Å². The van der Waals surface area contributed by atoms with E-state index in [1.165, 1.54) is 0 Å². The van der Waals surface area contributed by atoms with Gasteiger partial charge in [0.05, 0.1) is 0 Å². The maximum atomic E-state index is 11.3. The lowest BCUT2D eigenvalue weighted by Gasteiger charge is -2.40. The molecule has 1 heterocycles. The van der Waals surface area contributed by atoms with Gasteiger partial charge in [-0.05, 0) is 39.7 Å². The van der Waals surface area contributed by atoms with Crippen molar-refractivity contribution < 1.29 is 14.6 Å². The number of likely N-dealkylation sites (N-methyl/N-ethyl adjacent to an activating group) is 1. The van der Waals surface area contributed by atoms with Gasteiger partial charge in [0.2, 0.25) is 0 Å². The number of nitrogens with zero attached hydrogens (tertiary/aromatic N) is 1. The van der Waals surface area contributed by atoms with Crippen molar-refractivity contribution in [2.75, 3.05) is 19.8 Å². The summed E-state index contributed by atoms with van der Waals surface area (Å²) in [6, 6.07) is 0.332. The highest BCUT2D eigenvalue weighted by Gasteiger charge is 2.37. The van der Waals surface area contributed by atoms with Crippen molar-refractivity contribution in [2.45, 2.75) is 51.6 Å². The van der Waals surface area contributed by atoms with Gasteiger partial charge in [0.1, 0.15) is 5.54 Å². The monoisotopic (exact) mass is 229 g/mol. The Bertz CT molecular complexity index is 232. The van der Waals surface area contributed by atoms with Crippen LogP contribution in [0.2, 0.25) is 0 Å². The molecule has 1 unspecified atom stereocenters. The molecule has 4 heteroatoms. The van der Waals surface area contributed by atoms with E-state index in [9.17, 15) is 9.90 Å². The minimum atomic E-state index is -0.788. The van der Waals surface area contributed by atoms with Crippen LogP contribution in [0.25, 0.3) is 0 Å². The van der Waals surface area contributed by atoms with Gasteiger partial charge in [-0.2, -0.15) is 0 Å². The Hall–Kier alpha value is -0.610. The zero-order valence-electron chi connectivity index (χ0n) is 10.5. The van der Waals surface area contributed by atoms with Crippen molar-refractivity contribution in [3.8, 4) is 0 Å². The van der Waals surface area contributed by atoms with Crippen LogP contribution in [0.15, 0.2) is 0 Å². The predicted molar refractivity (Wildman–Crippen MR) is 62.6 cm³/mol. The van der Waals surface area contributed by atoms with Gasteiger partial charge in [-0.15, -0.1) is 0 Å². The fraction of sp³-hybridized carbons (Fsp3) is 0.917. The molecule has 0 radical (unpaired) electrons. The van der Waals surface area contributed by atoms with Gasteiger partial charge < -0.3 is 9.84 Å². The highest BCUT2D eigenvalue weighted by Crippen LogP contribution is 2.24. The second-order valence-electron chi connectivity index (χ2n) is 4.85. The number of ether oxygens (including phenoxy) is 1. The molecule has 94 valence electrons. The van der Waals surface area contributed by atoms with Crippen LogP contribution in [0.3, 0.4) is 0 Å². The number of aliphatic carboxylic acids is 1. The molecule has 1 saturated heterocycles. The first kappa shape index (κ1) is 13.5. The van der Waals surface area contributed by atoms with E-state index in [1.807, 2.05) is 6.92 Å². The van der Waals surface area contributed by atoms with Crippen molar-refractivity contribution >= 4 is 5.97 Å².